The van der Waals surface area contributed by atoms with E-state index in [9.17, 15) is 9.18 Å². The Morgan fingerprint density at radius 3 is 2.80 bits per heavy atom. The number of rotatable bonds is 7. The van der Waals surface area contributed by atoms with Gasteiger partial charge in [-0.3, -0.25) is 9.69 Å². The molecule has 3 fully saturated rings. The van der Waals surface area contributed by atoms with Gasteiger partial charge in [0.05, 0.1) is 5.56 Å². The molecule has 2 aliphatic carbocycles. The number of likely N-dealkylation sites (tertiary alicyclic amines) is 1. The molecule has 4 aliphatic rings. The lowest BCUT2D eigenvalue weighted by atomic mass is 9.93. The van der Waals surface area contributed by atoms with Crippen LogP contribution in [0.2, 0.25) is 0 Å². The van der Waals surface area contributed by atoms with Gasteiger partial charge in [-0.25, -0.2) is 19.7 Å². The summed E-state index contributed by atoms with van der Waals surface area (Å²) in [5.41, 5.74) is 2.54. The number of nitrogens with zero attached hydrogens (tertiary/aromatic N) is 6. The number of piperazine rings is 1. The summed E-state index contributed by atoms with van der Waals surface area (Å²) >= 11 is 0. The second-order valence-electron chi connectivity index (χ2n) is 12.4. The van der Waals surface area contributed by atoms with E-state index in [1.165, 1.54) is 12.1 Å². The lowest BCUT2D eigenvalue weighted by Gasteiger charge is -2.39. The molecule has 0 radical (unpaired) electrons. The van der Waals surface area contributed by atoms with Crippen LogP contribution in [0, 0.1) is 24.1 Å². The number of likely N-dealkylation sites (N-methyl/N-ethyl adjacent to an activating group) is 1. The highest BCUT2D eigenvalue weighted by Gasteiger charge is 2.46. The fourth-order valence-corrected chi connectivity index (χ4v) is 7.36. The molecule has 1 aromatic heterocycles. The van der Waals surface area contributed by atoms with Crippen LogP contribution in [-0.4, -0.2) is 90.3 Å². The summed E-state index contributed by atoms with van der Waals surface area (Å²) in [5, 5.41) is 0.180. The molecule has 7 rings (SSSR count). The third-order valence-corrected chi connectivity index (χ3v) is 9.67. The van der Waals surface area contributed by atoms with Crippen molar-refractivity contribution in [3.8, 4) is 17.1 Å². The van der Waals surface area contributed by atoms with Crippen LogP contribution in [0.4, 0.5) is 19.0 Å². The Morgan fingerprint density at radius 2 is 2.05 bits per heavy atom. The molecule has 3 heterocycles. The molecule has 0 N–H and O–H groups in total. The third-order valence-electron chi connectivity index (χ3n) is 9.67. The number of carbonyl (C=O) groups excluding carboxylic acids is 1. The number of halogens is 3. The lowest BCUT2D eigenvalue weighted by molar-refractivity contribution is -0.128. The smallest absolute Gasteiger partial charge is 0.319 e. The summed E-state index contributed by atoms with van der Waals surface area (Å²) < 4.78 is 52.7. The number of benzene rings is 2. The first-order chi connectivity index (χ1) is 21.3. The van der Waals surface area contributed by atoms with E-state index in [0.717, 1.165) is 24.0 Å². The fraction of sp³-hybridized carbons (Fsp3) is 0.455. The van der Waals surface area contributed by atoms with Gasteiger partial charge in [-0.1, -0.05) is 24.8 Å². The maximum absolute atomic E-state index is 16.7. The Hall–Kier alpha value is -4.17. The molecular formula is C33H33F3N6O2. The molecular weight excluding hydrogens is 569 g/mol. The summed E-state index contributed by atoms with van der Waals surface area (Å²) in [6.07, 6.45) is 2.52. The molecule has 44 heavy (non-hydrogen) atoms. The molecule has 228 valence electrons. The topological polar surface area (TPSA) is 66.2 Å². The SMILES string of the molecule is [C-]#[N+]C[C@H]1CN(c2nc(OC[C@@H]3C[C@@H](F)CN3C)nc3c(F)c(-c4cccc5c4C4CC4C5)c(F)cc23)CCN1C(=O)C=C. The van der Waals surface area contributed by atoms with E-state index >= 15 is 8.78 Å². The van der Waals surface area contributed by atoms with E-state index in [1.807, 2.05) is 29.0 Å². The van der Waals surface area contributed by atoms with E-state index in [-0.39, 0.29) is 66.5 Å². The molecule has 3 aromatic rings. The first kappa shape index (κ1) is 28.6. The van der Waals surface area contributed by atoms with Gasteiger partial charge >= 0.3 is 6.01 Å². The van der Waals surface area contributed by atoms with Gasteiger partial charge in [-0.15, -0.1) is 0 Å². The van der Waals surface area contributed by atoms with Crippen LogP contribution in [0.15, 0.2) is 36.9 Å². The van der Waals surface area contributed by atoms with E-state index in [0.29, 0.717) is 36.9 Å². The molecule has 2 saturated heterocycles. The number of anilines is 1. The number of fused-ring (bicyclic) bond motifs is 4. The van der Waals surface area contributed by atoms with Gasteiger partial charge in [0.25, 0.3) is 0 Å². The number of hydrogen-bond acceptors (Lipinski definition) is 6. The molecule has 8 nitrogen and oxygen atoms in total. The van der Waals surface area contributed by atoms with E-state index in [1.54, 1.807) is 11.0 Å². The van der Waals surface area contributed by atoms with E-state index in [4.69, 9.17) is 11.3 Å². The molecule has 0 spiro atoms. The standard InChI is InChI=1S/C33H33F3N6O2/c1-4-27(43)42-9-8-41(16-22(42)14-37-2)32-25-13-26(35)29(23-7-5-6-18-10-19-11-24(19)28(18)23)30(36)31(25)38-33(39-32)44-17-21-12-20(34)15-40(21)3/h4-7,13,19-22,24H,1,8-12,14-17H2,3H3/t19?,20-,21+,22+,24?/m1/s1. The van der Waals surface area contributed by atoms with Crippen molar-refractivity contribution in [2.75, 3.05) is 51.3 Å². The predicted molar refractivity (Wildman–Crippen MR) is 160 cm³/mol. The summed E-state index contributed by atoms with van der Waals surface area (Å²) in [6.45, 7) is 12.3. The van der Waals surface area contributed by atoms with Crippen molar-refractivity contribution < 1.29 is 22.7 Å². The predicted octanol–water partition coefficient (Wildman–Crippen LogP) is 4.78. The highest BCUT2D eigenvalue weighted by atomic mass is 19.1. The van der Waals surface area contributed by atoms with Crippen molar-refractivity contribution in [2.24, 2.45) is 5.92 Å². The highest BCUT2D eigenvalue weighted by molar-refractivity contribution is 5.95. The second-order valence-corrected chi connectivity index (χ2v) is 12.4. The minimum Gasteiger partial charge on any atom is -0.462 e. The zero-order valence-corrected chi connectivity index (χ0v) is 24.5. The largest absolute Gasteiger partial charge is 0.462 e. The first-order valence-corrected chi connectivity index (χ1v) is 15.1. The molecule has 11 heteroatoms. The molecule has 1 amide bonds. The molecule has 1 saturated carbocycles. The zero-order chi connectivity index (χ0) is 30.7. The zero-order valence-electron chi connectivity index (χ0n) is 24.5. The van der Waals surface area contributed by atoms with Crippen LogP contribution in [0.25, 0.3) is 26.9 Å². The van der Waals surface area contributed by atoms with Gasteiger partial charge in [0.15, 0.2) is 5.82 Å². The maximum Gasteiger partial charge on any atom is 0.319 e. The number of ether oxygens (including phenoxy) is 1. The number of alkyl halides is 1. The molecule has 2 unspecified atom stereocenters. The highest BCUT2D eigenvalue weighted by Crippen LogP contribution is 2.59. The third kappa shape index (κ3) is 4.85. The molecule has 5 atom stereocenters. The van der Waals surface area contributed by atoms with Crippen molar-refractivity contribution in [1.82, 2.24) is 19.8 Å². The van der Waals surface area contributed by atoms with Crippen molar-refractivity contribution in [2.45, 2.75) is 43.4 Å². The van der Waals surface area contributed by atoms with Crippen LogP contribution in [-0.2, 0) is 11.2 Å². The van der Waals surface area contributed by atoms with Gasteiger partial charge in [-0.05, 0) is 67.0 Å². The Balaban J connectivity index is 1.32. The van der Waals surface area contributed by atoms with Gasteiger partial charge in [0.1, 0.15) is 36.0 Å². The van der Waals surface area contributed by atoms with Gasteiger partial charge in [0, 0.05) is 37.6 Å². The fourth-order valence-electron chi connectivity index (χ4n) is 7.36. The molecule has 2 aliphatic heterocycles. The van der Waals surface area contributed by atoms with Gasteiger partial charge < -0.3 is 19.4 Å². The van der Waals surface area contributed by atoms with Gasteiger partial charge in [-0.2, -0.15) is 9.97 Å². The number of hydrogen-bond donors (Lipinski definition) is 0. The summed E-state index contributed by atoms with van der Waals surface area (Å²) in [6, 6.07) is 6.19. The quantitative estimate of drug-likeness (QED) is 0.287. The van der Waals surface area contributed by atoms with Crippen molar-refractivity contribution in [3.63, 3.8) is 0 Å². The Morgan fingerprint density at radius 1 is 1.20 bits per heavy atom. The van der Waals surface area contributed by atoms with Crippen LogP contribution in [0.3, 0.4) is 0 Å². The van der Waals surface area contributed by atoms with Crippen molar-refractivity contribution in [1.29, 1.82) is 0 Å². The minimum absolute atomic E-state index is 0.0506. The Bertz CT molecular complexity index is 1710. The van der Waals surface area contributed by atoms with E-state index < -0.39 is 23.8 Å². The first-order valence-electron chi connectivity index (χ1n) is 15.1. The van der Waals surface area contributed by atoms with Crippen LogP contribution < -0.4 is 9.64 Å². The summed E-state index contributed by atoms with van der Waals surface area (Å²) in [5.74, 6) is -0.640. The van der Waals surface area contributed by atoms with Gasteiger partial charge in [0.2, 0.25) is 12.5 Å². The van der Waals surface area contributed by atoms with Crippen molar-refractivity contribution in [3.05, 3.63) is 71.1 Å². The molecule has 2 aromatic carbocycles. The van der Waals surface area contributed by atoms with Crippen LogP contribution in [0.5, 0.6) is 6.01 Å². The lowest BCUT2D eigenvalue weighted by Crippen LogP contribution is -2.56. The average molecular weight is 603 g/mol. The Labute approximate surface area is 253 Å². The summed E-state index contributed by atoms with van der Waals surface area (Å²) in [4.78, 5) is 30.4. The molecule has 0 bridgehead atoms. The minimum atomic E-state index is -0.961. The number of amides is 1. The average Bonchev–Trinajstić information content (AvgIpc) is 3.55. The Kier molecular flexibility index (Phi) is 7.20. The maximum atomic E-state index is 16.7. The van der Waals surface area contributed by atoms with Crippen LogP contribution in [0.1, 0.15) is 29.9 Å². The summed E-state index contributed by atoms with van der Waals surface area (Å²) in [7, 11) is 1.82. The van der Waals surface area contributed by atoms with Crippen molar-refractivity contribution >= 4 is 22.6 Å². The van der Waals surface area contributed by atoms with E-state index in [2.05, 4.69) is 21.4 Å². The van der Waals surface area contributed by atoms with Crippen LogP contribution >= 0.6 is 0 Å². The normalized spacial score (nSPS) is 25.9. The number of carbonyl (C=O) groups is 1. The monoisotopic (exact) mass is 602 g/mol. The number of aromatic nitrogens is 2. The second kappa shape index (κ2) is 11.1.